The predicted octanol–water partition coefficient (Wildman–Crippen LogP) is 5.45. The van der Waals surface area contributed by atoms with Crippen LogP contribution in [0.15, 0.2) is 41.4 Å². The van der Waals surface area contributed by atoms with Crippen molar-refractivity contribution in [1.29, 1.82) is 5.26 Å². The van der Waals surface area contributed by atoms with E-state index in [9.17, 15) is 23.6 Å². The number of fused-ring (bicyclic) bond motifs is 1. The van der Waals surface area contributed by atoms with Gasteiger partial charge >= 0.3 is 0 Å². The molecule has 2 aliphatic heterocycles. The highest BCUT2D eigenvalue weighted by Crippen LogP contribution is 2.42. The highest BCUT2D eigenvalue weighted by Gasteiger charge is 2.33. The fourth-order valence-corrected chi connectivity index (χ4v) is 6.19. The molecule has 234 valence electrons. The maximum atomic E-state index is 15.4. The molecule has 4 heterocycles. The number of aromatic nitrogens is 2. The molecule has 1 aromatic carbocycles. The molecule has 0 aliphatic carbocycles. The van der Waals surface area contributed by atoms with E-state index in [1.165, 1.54) is 16.7 Å². The number of nitrogen functional groups attached to an aromatic ring is 1. The van der Waals surface area contributed by atoms with E-state index in [0.717, 1.165) is 0 Å². The van der Waals surface area contributed by atoms with E-state index in [1.807, 2.05) is 19.9 Å². The Morgan fingerprint density at radius 2 is 1.87 bits per heavy atom. The van der Waals surface area contributed by atoms with Crippen molar-refractivity contribution in [2.45, 2.75) is 26.8 Å². The summed E-state index contributed by atoms with van der Waals surface area (Å²) in [6.07, 6.45) is 4.71. The van der Waals surface area contributed by atoms with Crippen LogP contribution in [0.2, 0.25) is 10.0 Å². The Labute approximate surface area is 266 Å². The molecule has 2 aromatic heterocycles. The molecule has 5 rings (SSSR count). The van der Waals surface area contributed by atoms with Crippen LogP contribution in [0.25, 0.3) is 28.0 Å². The Balaban J connectivity index is 1.90. The summed E-state index contributed by atoms with van der Waals surface area (Å²) in [5, 5.41) is 12.5. The van der Waals surface area contributed by atoms with Gasteiger partial charge in [-0.2, -0.15) is 5.26 Å². The number of hydrogen-bond acceptors (Lipinski definition) is 7. The summed E-state index contributed by atoms with van der Waals surface area (Å²) in [5.74, 6) is -4.94. The van der Waals surface area contributed by atoms with E-state index in [2.05, 4.69) is 16.9 Å². The number of piperazine rings is 1. The van der Waals surface area contributed by atoms with Gasteiger partial charge in [0, 0.05) is 31.6 Å². The van der Waals surface area contributed by atoms with Gasteiger partial charge in [0.1, 0.15) is 22.3 Å². The average Bonchev–Trinajstić information content (AvgIpc) is 3.02. The molecule has 1 saturated heterocycles. The van der Waals surface area contributed by atoms with Crippen molar-refractivity contribution in [3.8, 4) is 17.3 Å². The molecule has 3 aromatic rings. The summed E-state index contributed by atoms with van der Waals surface area (Å²) in [4.78, 5) is 34.5. The topological polar surface area (TPSA) is 120 Å². The lowest BCUT2D eigenvalue weighted by Crippen LogP contribution is -2.49. The number of nitrogens with one attached hydrogen (secondary N) is 1. The smallest absolute Gasteiger partial charge is 0.276 e. The highest BCUT2D eigenvalue weighted by atomic mass is 35.5. The molecule has 0 saturated carbocycles. The van der Waals surface area contributed by atoms with Gasteiger partial charge in [-0.15, -0.1) is 0 Å². The van der Waals surface area contributed by atoms with E-state index in [1.54, 1.807) is 29.0 Å². The third-order valence-corrected chi connectivity index (χ3v) is 8.65. The number of carbonyl (C=O) groups is 1. The van der Waals surface area contributed by atoms with E-state index >= 15 is 4.39 Å². The minimum atomic E-state index is -1.67. The van der Waals surface area contributed by atoms with Gasteiger partial charge in [-0.05, 0) is 42.8 Å². The van der Waals surface area contributed by atoms with Crippen molar-refractivity contribution >= 4 is 57.2 Å². The van der Waals surface area contributed by atoms with Crippen LogP contribution < -0.4 is 21.5 Å². The first kappa shape index (κ1) is 31.9. The largest absolute Gasteiger partial charge is 0.396 e. The molecule has 1 amide bonds. The second-order valence-electron chi connectivity index (χ2n) is 11.0. The molecule has 1 unspecified atom stereocenters. The summed E-state index contributed by atoms with van der Waals surface area (Å²) >= 11 is 12.4. The van der Waals surface area contributed by atoms with E-state index in [0.29, 0.717) is 11.3 Å². The van der Waals surface area contributed by atoms with Crippen molar-refractivity contribution in [3.05, 3.63) is 80.0 Å². The predicted molar refractivity (Wildman–Crippen MR) is 169 cm³/mol. The summed E-state index contributed by atoms with van der Waals surface area (Å²) < 4.78 is 45.7. The monoisotopic (exact) mass is 657 g/mol. The highest BCUT2D eigenvalue weighted by molar-refractivity contribution is 6.34. The summed E-state index contributed by atoms with van der Waals surface area (Å²) in [5.41, 5.74) is 4.30. The average molecular weight is 659 g/mol. The minimum absolute atomic E-state index is 0.0326. The molecule has 3 N–H and O–H groups in total. The molecule has 1 fully saturated rings. The number of carbonyl (C=O) groups excluding carboxylic acids is 1. The maximum absolute atomic E-state index is 15.4. The van der Waals surface area contributed by atoms with E-state index in [4.69, 9.17) is 28.9 Å². The number of amides is 1. The molecular formula is C31H28Cl2F3N7O2. The standard InChI is InChI=1S/C31H28Cl2F3N7O2/c1-5-19(44)41-8-10-42(11-9-41)29-16-12-18(32)27(20-22(34)21(33)23(35)24(36)25(20)38)40-30(16)43(31(45)17(29)13-37)28-15(4)6-7-39-26(28)14(2)3/h5-7,12,14,26,39H,1,8-11,38H2,2-4H3. The number of allylic oxidation sites excluding steroid dienone is 2. The van der Waals surface area contributed by atoms with E-state index in [-0.39, 0.29) is 71.0 Å². The number of pyridine rings is 2. The van der Waals surface area contributed by atoms with Gasteiger partial charge in [0.25, 0.3) is 5.56 Å². The van der Waals surface area contributed by atoms with Crippen LogP contribution in [0, 0.1) is 34.7 Å². The zero-order valence-electron chi connectivity index (χ0n) is 24.5. The van der Waals surface area contributed by atoms with Gasteiger partial charge in [0.2, 0.25) is 5.91 Å². The minimum Gasteiger partial charge on any atom is -0.396 e. The van der Waals surface area contributed by atoms with Crippen molar-refractivity contribution < 1.29 is 18.0 Å². The second-order valence-corrected chi connectivity index (χ2v) is 11.8. The lowest BCUT2D eigenvalue weighted by Gasteiger charge is -2.37. The van der Waals surface area contributed by atoms with Crippen LogP contribution in [0.3, 0.4) is 0 Å². The third kappa shape index (κ3) is 5.19. The van der Waals surface area contributed by atoms with Crippen LogP contribution >= 0.6 is 23.2 Å². The molecule has 0 radical (unpaired) electrons. The van der Waals surface area contributed by atoms with Gasteiger partial charge in [-0.3, -0.25) is 14.2 Å². The van der Waals surface area contributed by atoms with Gasteiger partial charge in [-0.1, -0.05) is 43.6 Å². The number of hydrogen-bond donors (Lipinski definition) is 2. The van der Waals surface area contributed by atoms with Gasteiger partial charge < -0.3 is 20.9 Å². The number of anilines is 2. The first-order chi connectivity index (χ1) is 21.3. The van der Waals surface area contributed by atoms with Crippen LogP contribution in [-0.4, -0.2) is 52.6 Å². The molecule has 45 heavy (non-hydrogen) atoms. The van der Waals surface area contributed by atoms with Crippen molar-refractivity contribution in [2.75, 3.05) is 36.8 Å². The van der Waals surface area contributed by atoms with Crippen molar-refractivity contribution in [3.63, 3.8) is 0 Å². The zero-order chi connectivity index (χ0) is 32.9. The Kier molecular flexibility index (Phi) is 8.62. The van der Waals surface area contributed by atoms with Crippen LogP contribution in [0.4, 0.5) is 24.5 Å². The lowest BCUT2D eigenvalue weighted by atomic mass is 9.94. The molecule has 1 atom stereocenters. The molecule has 0 spiro atoms. The van der Waals surface area contributed by atoms with Gasteiger partial charge in [0.15, 0.2) is 17.5 Å². The SMILES string of the molecule is C=CC(=O)N1CCN(c2c(C#N)c(=O)n(C3=C(C)C=CNC3C(C)C)c3nc(-c4c(N)c(F)c(F)c(Cl)c4F)c(Cl)cc23)CC1. The first-order valence-electron chi connectivity index (χ1n) is 13.9. The number of halogens is 5. The normalized spacial score (nSPS) is 16.8. The summed E-state index contributed by atoms with van der Waals surface area (Å²) in [7, 11) is 0. The number of rotatable bonds is 5. The Hall–Kier alpha value is -4.47. The number of benzene rings is 1. The Morgan fingerprint density at radius 3 is 2.47 bits per heavy atom. The molecule has 0 bridgehead atoms. The molecule has 9 nitrogen and oxygen atoms in total. The molecular weight excluding hydrogens is 630 g/mol. The van der Waals surface area contributed by atoms with Crippen LogP contribution in [0.1, 0.15) is 26.3 Å². The Bertz CT molecular complexity index is 1910. The third-order valence-electron chi connectivity index (χ3n) is 8.03. The van der Waals surface area contributed by atoms with Gasteiger partial charge in [0.05, 0.1) is 39.4 Å². The maximum Gasteiger partial charge on any atom is 0.276 e. The van der Waals surface area contributed by atoms with Crippen LogP contribution in [-0.2, 0) is 4.79 Å². The number of dihydropyridines is 1. The molecule has 14 heteroatoms. The summed E-state index contributed by atoms with van der Waals surface area (Å²) in [6, 6.07) is 3.02. The number of nitriles is 1. The van der Waals surface area contributed by atoms with Crippen molar-refractivity contribution in [1.82, 2.24) is 19.8 Å². The lowest BCUT2D eigenvalue weighted by molar-refractivity contribution is -0.126. The fraction of sp³-hybridized carbons (Fsp3) is 0.290. The van der Waals surface area contributed by atoms with Crippen LogP contribution in [0.5, 0.6) is 0 Å². The number of nitrogens with two attached hydrogens (primary N) is 1. The van der Waals surface area contributed by atoms with E-state index < -0.39 is 45.3 Å². The molecule has 2 aliphatic rings. The van der Waals surface area contributed by atoms with Gasteiger partial charge in [-0.25, -0.2) is 18.2 Å². The first-order valence-corrected chi connectivity index (χ1v) is 14.7. The Morgan fingerprint density at radius 1 is 1.20 bits per heavy atom. The quantitative estimate of drug-likeness (QED) is 0.162. The fourth-order valence-electron chi connectivity index (χ4n) is 5.77. The van der Waals surface area contributed by atoms with Crippen molar-refractivity contribution in [2.24, 2.45) is 5.92 Å². The number of nitrogens with zero attached hydrogens (tertiary/aromatic N) is 5. The second kappa shape index (κ2) is 12.1. The summed E-state index contributed by atoms with van der Waals surface area (Å²) in [6.45, 7) is 10.3. The zero-order valence-corrected chi connectivity index (χ0v) is 26.0.